The normalized spacial score (nSPS) is 20.1. The highest BCUT2D eigenvalue weighted by atomic mass is 35.5. The summed E-state index contributed by atoms with van der Waals surface area (Å²) in [7, 11) is 0. The smallest absolute Gasteiger partial charge is 0.335 e. The number of hydrogen-bond acceptors (Lipinski definition) is 14. The Balaban J connectivity index is 0.000000187. The molecule has 0 aromatic carbocycles. The fourth-order valence-corrected chi connectivity index (χ4v) is 7.23. The van der Waals surface area contributed by atoms with Gasteiger partial charge in [0.05, 0.1) is 26.1 Å². The van der Waals surface area contributed by atoms with E-state index in [9.17, 15) is 66.3 Å². The Hall–Kier alpha value is -5.55. The summed E-state index contributed by atoms with van der Waals surface area (Å²) < 4.78 is 78.1. The molecule has 5 heterocycles. The van der Waals surface area contributed by atoms with Crippen LogP contribution in [0.2, 0.25) is 10.3 Å². The summed E-state index contributed by atoms with van der Waals surface area (Å²) >= 11 is 16.9. The first kappa shape index (κ1) is 50.1. The van der Waals surface area contributed by atoms with Gasteiger partial charge in [0.15, 0.2) is 5.15 Å². The van der Waals surface area contributed by atoms with Crippen LogP contribution in [-0.2, 0) is 9.59 Å². The maximum absolute atomic E-state index is 13.0. The molecule has 63 heavy (non-hydrogen) atoms. The number of alkyl halides is 6. The SMILES string of the molecule is Nc1c(N2CCC(F)(F)CC2)ccnc1Cl.O=C1CC=CC(Cl)=C1[N+](=O)[O-].O=C1CC=CC(N2CCC(F)(F)CC2)=C1[N+](=O)[O-].O=[N+]([O-])c1c(N2CCC(F)(F)CC2)ccnc1Cl. The van der Waals surface area contributed by atoms with Crippen molar-refractivity contribution in [1.29, 1.82) is 0 Å². The molecule has 3 saturated heterocycles. The van der Waals surface area contributed by atoms with Gasteiger partial charge in [0.1, 0.15) is 16.4 Å². The van der Waals surface area contributed by atoms with Gasteiger partial charge >= 0.3 is 17.1 Å². The Morgan fingerprint density at radius 2 is 0.984 bits per heavy atom. The Kier molecular flexibility index (Phi) is 16.9. The van der Waals surface area contributed by atoms with Gasteiger partial charge in [-0.15, -0.1) is 0 Å². The number of Topliss-reactive ketones (excluding diaryl/α,β-unsaturated/α-hetero) is 2. The zero-order chi connectivity index (χ0) is 46.9. The van der Waals surface area contributed by atoms with E-state index in [1.807, 2.05) is 4.90 Å². The molecular weight excluding hydrogens is 919 g/mol. The van der Waals surface area contributed by atoms with Crippen LogP contribution in [0, 0.1) is 30.3 Å². The van der Waals surface area contributed by atoms with Crippen molar-refractivity contribution in [3.63, 3.8) is 0 Å². The topological polar surface area (TPSA) is 225 Å². The lowest BCUT2D eigenvalue weighted by Gasteiger charge is -2.33. The van der Waals surface area contributed by atoms with Crippen LogP contribution >= 0.6 is 34.8 Å². The van der Waals surface area contributed by atoms with Crippen molar-refractivity contribution in [2.24, 2.45) is 0 Å². The summed E-state index contributed by atoms with van der Waals surface area (Å²) in [6.07, 6.45) is 7.16. The van der Waals surface area contributed by atoms with Crippen LogP contribution in [0.15, 0.2) is 71.0 Å². The van der Waals surface area contributed by atoms with Crippen molar-refractivity contribution >= 4 is 69.1 Å². The van der Waals surface area contributed by atoms with E-state index in [0.29, 0.717) is 11.4 Å². The van der Waals surface area contributed by atoms with Gasteiger partial charge in [-0.2, -0.15) is 0 Å². The van der Waals surface area contributed by atoms with Crippen LogP contribution in [0.1, 0.15) is 51.4 Å². The van der Waals surface area contributed by atoms with Gasteiger partial charge in [-0.25, -0.2) is 36.3 Å². The van der Waals surface area contributed by atoms with Gasteiger partial charge in [-0.1, -0.05) is 47.0 Å². The molecule has 0 amide bonds. The third-order valence-corrected chi connectivity index (χ3v) is 10.9. The number of nitrogen functional groups attached to an aromatic ring is 1. The van der Waals surface area contributed by atoms with Crippen LogP contribution in [0.5, 0.6) is 0 Å². The molecule has 2 aliphatic carbocycles. The first-order valence-corrected chi connectivity index (χ1v) is 20.0. The van der Waals surface area contributed by atoms with Crippen molar-refractivity contribution < 1.29 is 50.7 Å². The third kappa shape index (κ3) is 13.7. The number of nitrogens with two attached hydrogens (primary N) is 1. The van der Waals surface area contributed by atoms with E-state index >= 15 is 0 Å². The first-order valence-electron chi connectivity index (χ1n) is 18.8. The van der Waals surface area contributed by atoms with Gasteiger partial charge in [0.2, 0.25) is 16.7 Å². The van der Waals surface area contributed by atoms with Crippen LogP contribution < -0.4 is 15.5 Å². The maximum Gasteiger partial charge on any atom is 0.335 e. The molecule has 0 radical (unpaired) electrons. The highest BCUT2D eigenvalue weighted by Crippen LogP contribution is 2.38. The fraction of sp³-hybridized carbons (Fsp3) is 0.459. The van der Waals surface area contributed by atoms with Gasteiger partial charge in [-0.3, -0.25) is 39.9 Å². The molecule has 3 aliphatic heterocycles. The largest absolute Gasteiger partial charge is 0.395 e. The van der Waals surface area contributed by atoms with Gasteiger partial charge in [-0.05, 0) is 24.3 Å². The highest BCUT2D eigenvalue weighted by molar-refractivity contribution is 6.34. The predicted octanol–water partition coefficient (Wildman–Crippen LogP) is 8.41. The quantitative estimate of drug-likeness (QED) is 0.124. The zero-order valence-corrected chi connectivity index (χ0v) is 35.1. The Morgan fingerprint density at radius 1 is 0.587 bits per heavy atom. The molecular formula is C37H38Cl3F6N9O8. The number of hydrogen-bond donors (Lipinski definition) is 1. The molecule has 26 heteroatoms. The molecule has 3 fully saturated rings. The number of carbonyl (C=O) groups excluding carboxylic acids is 2. The number of allylic oxidation sites excluding steroid dienone is 7. The molecule has 0 spiro atoms. The minimum atomic E-state index is -2.71. The predicted molar refractivity (Wildman–Crippen MR) is 220 cm³/mol. The Morgan fingerprint density at radius 3 is 1.41 bits per heavy atom. The molecule has 0 saturated carbocycles. The first-order chi connectivity index (χ1) is 29.4. The molecule has 2 aromatic rings. The van der Waals surface area contributed by atoms with Crippen molar-refractivity contribution in [1.82, 2.24) is 14.9 Å². The van der Waals surface area contributed by atoms with E-state index in [-0.39, 0.29) is 123 Å². The number of halogens is 9. The second kappa shape index (κ2) is 21.2. The summed E-state index contributed by atoms with van der Waals surface area (Å²) in [6.45, 7) is 0.756. The van der Waals surface area contributed by atoms with Gasteiger partial charge in [0, 0.05) is 103 Å². The second-order valence-electron chi connectivity index (χ2n) is 14.3. The summed E-state index contributed by atoms with van der Waals surface area (Å²) in [4.78, 5) is 64.5. The monoisotopic (exact) mass is 955 g/mol. The van der Waals surface area contributed by atoms with Gasteiger partial charge in [0.25, 0.3) is 17.8 Å². The van der Waals surface area contributed by atoms with E-state index in [1.165, 1.54) is 47.7 Å². The number of pyridine rings is 2. The summed E-state index contributed by atoms with van der Waals surface area (Å²) in [5, 5.41) is 31.9. The van der Waals surface area contributed by atoms with Crippen molar-refractivity contribution in [2.75, 3.05) is 54.8 Å². The molecule has 342 valence electrons. The van der Waals surface area contributed by atoms with Crippen molar-refractivity contribution in [3.8, 4) is 0 Å². The molecule has 7 rings (SSSR count). The lowest BCUT2D eigenvalue weighted by molar-refractivity contribution is -0.420. The van der Waals surface area contributed by atoms with Crippen LogP contribution in [0.25, 0.3) is 0 Å². The maximum atomic E-state index is 13.0. The van der Waals surface area contributed by atoms with E-state index in [2.05, 4.69) is 9.97 Å². The number of nitrogens with zero attached hydrogens (tertiary/aromatic N) is 8. The molecule has 17 nitrogen and oxygen atoms in total. The second-order valence-corrected chi connectivity index (χ2v) is 15.4. The van der Waals surface area contributed by atoms with Crippen molar-refractivity contribution in [3.05, 3.63) is 112 Å². The minimum absolute atomic E-state index is 0.0101. The van der Waals surface area contributed by atoms with Crippen LogP contribution in [-0.4, -0.2) is 98.2 Å². The lowest BCUT2D eigenvalue weighted by Crippen LogP contribution is -2.40. The van der Waals surface area contributed by atoms with E-state index in [4.69, 9.17) is 40.5 Å². The lowest BCUT2D eigenvalue weighted by atomic mass is 10.0. The summed E-state index contributed by atoms with van der Waals surface area (Å²) in [6, 6.07) is 3.12. The number of rotatable bonds is 6. The number of anilines is 3. The zero-order valence-electron chi connectivity index (χ0n) is 32.8. The average molecular weight is 957 g/mol. The molecule has 0 bridgehead atoms. The van der Waals surface area contributed by atoms with Crippen LogP contribution in [0.3, 0.4) is 0 Å². The van der Waals surface area contributed by atoms with Crippen LogP contribution in [0.4, 0.5) is 49.1 Å². The Labute approximate surface area is 369 Å². The van der Waals surface area contributed by atoms with E-state index < -0.39 is 55.5 Å². The molecule has 0 atom stereocenters. The summed E-state index contributed by atoms with van der Waals surface area (Å²) in [5.74, 6) is -9.07. The molecule has 2 N–H and O–H groups in total. The number of piperidine rings is 3. The van der Waals surface area contributed by atoms with E-state index in [0.717, 1.165) is 0 Å². The molecule has 0 unspecified atom stereocenters. The van der Waals surface area contributed by atoms with Gasteiger partial charge < -0.3 is 20.4 Å². The molecule has 2 aromatic heterocycles. The number of ketones is 2. The highest BCUT2D eigenvalue weighted by Gasteiger charge is 2.39. The summed E-state index contributed by atoms with van der Waals surface area (Å²) in [5.41, 5.74) is 5.89. The number of likely N-dealkylation sites (tertiary alicyclic amines) is 1. The number of aromatic nitrogens is 2. The number of nitro groups is 3. The third-order valence-electron chi connectivity index (χ3n) is 9.97. The Bertz CT molecular complexity index is 2200. The van der Waals surface area contributed by atoms with Crippen molar-refractivity contribution in [2.45, 2.75) is 69.1 Å². The fourth-order valence-electron chi connectivity index (χ4n) is 6.60. The standard InChI is InChI=1S/C11H12F2N2O3.C10H10ClF2N3O2.C10H12ClF2N3.C6H4ClNO3/c12-11(13)4-6-14(7-5-11)8-2-1-3-9(16)10(8)15(17)18;11-9-8(16(17)18)7(1-4-14-9)15-5-2-10(12,13)3-6-15;11-9-8(14)7(1-4-15-9)16-5-2-10(12,13)3-6-16;7-4-2-1-3-5(9)6(4)8(10)11/h1-2H,3-7H2;1,4H,2-3,5-6H2;1,4H,2-3,5-6,14H2;1-2H,3H2. The average Bonchev–Trinajstić information content (AvgIpc) is 3.19. The van der Waals surface area contributed by atoms with E-state index in [1.54, 1.807) is 11.0 Å². The number of carbonyl (C=O) groups is 2. The minimum Gasteiger partial charge on any atom is -0.395 e. The molecule has 5 aliphatic rings.